The van der Waals surface area contributed by atoms with E-state index in [9.17, 15) is 8.78 Å². The number of hydrogen-bond donors (Lipinski definition) is 2. The van der Waals surface area contributed by atoms with Gasteiger partial charge in [0.25, 0.3) is 0 Å². The zero-order chi connectivity index (χ0) is 17.4. The number of nitrogens with zero attached hydrogens (tertiary/aromatic N) is 1. The Labute approximate surface area is 140 Å². The van der Waals surface area contributed by atoms with E-state index < -0.39 is 0 Å². The molecule has 4 nitrogen and oxygen atoms in total. The van der Waals surface area contributed by atoms with E-state index in [-0.39, 0.29) is 18.2 Å². The largest absolute Gasteiger partial charge is 0.380 e. The van der Waals surface area contributed by atoms with Crippen LogP contribution in [0.5, 0.6) is 0 Å². The van der Waals surface area contributed by atoms with Crippen molar-refractivity contribution in [2.75, 3.05) is 14.2 Å². The molecule has 0 amide bonds. The molecule has 2 rings (SSSR count). The summed E-state index contributed by atoms with van der Waals surface area (Å²) < 4.78 is 31.7. The molecule has 0 aliphatic heterocycles. The summed E-state index contributed by atoms with van der Waals surface area (Å²) >= 11 is 0. The van der Waals surface area contributed by atoms with E-state index in [2.05, 4.69) is 15.6 Å². The van der Waals surface area contributed by atoms with Crippen LogP contribution in [0.3, 0.4) is 0 Å². The van der Waals surface area contributed by atoms with Crippen LogP contribution in [0, 0.1) is 11.6 Å². The number of ether oxygens (including phenoxy) is 1. The lowest BCUT2D eigenvalue weighted by Crippen LogP contribution is -2.36. The van der Waals surface area contributed by atoms with Gasteiger partial charge < -0.3 is 15.4 Å². The number of hydrogen-bond acceptors (Lipinski definition) is 2. The van der Waals surface area contributed by atoms with Gasteiger partial charge in [-0.25, -0.2) is 8.78 Å². The molecule has 0 atom stereocenters. The molecule has 0 fully saturated rings. The van der Waals surface area contributed by atoms with E-state index >= 15 is 0 Å². The molecule has 2 aromatic rings. The fraction of sp³-hybridized carbons (Fsp3) is 0.278. The number of benzene rings is 2. The van der Waals surface area contributed by atoms with Crippen LogP contribution in [0.15, 0.2) is 47.5 Å². The van der Waals surface area contributed by atoms with Crippen molar-refractivity contribution in [3.8, 4) is 0 Å². The van der Waals surface area contributed by atoms with Gasteiger partial charge in [-0.15, -0.1) is 0 Å². The fourth-order valence-electron chi connectivity index (χ4n) is 2.24. The first-order valence-electron chi connectivity index (χ1n) is 7.57. The second-order valence-corrected chi connectivity index (χ2v) is 5.27. The second kappa shape index (κ2) is 8.98. The van der Waals surface area contributed by atoms with Crippen LogP contribution in [-0.4, -0.2) is 20.1 Å². The zero-order valence-corrected chi connectivity index (χ0v) is 13.8. The van der Waals surface area contributed by atoms with Crippen molar-refractivity contribution in [1.29, 1.82) is 0 Å². The van der Waals surface area contributed by atoms with Gasteiger partial charge in [-0.3, -0.25) is 4.99 Å². The highest BCUT2D eigenvalue weighted by molar-refractivity contribution is 5.79. The van der Waals surface area contributed by atoms with Crippen molar-refractivity contribution in [3.63, 3.8) is 0 Å². The molecular formula is C18H21F2N3O. The topological polar surface area (TPSA) is 45.7 Å². The van der Waals surface area contributed by atoms with Gasteiger partial charge in [-0.1, -0.05) is 18.2 Å². The zero-order valence-electron chi connectivity index (χ0n) is 13.8. The van der Waals surface area contributed by atoms with Crippen molar-refractivity contribution in [3.05, 3.63) is 70.8 Å². The summed E-state index contributed by atoms with van der Waals surface area (Å²) in [5.74, 6) is 0.0281. The molecule has 6 heteroatoms. The van der Waals surface area contributed by atoms with E-state index in [0.717, 1.165) is 11.1 Å². The SMILES string of the molecule is CN=C(NCc1cccc(F)c1)NCc1ccc(F)c(COC)c1. The van der Waals surface area contributed by atoms with Crippen molar-refractivity contribution in [1.82, 2.24) is 10.6 Å². The minimum absolute atomic E-state index is 0.228. The number of methoxy groups -OCH3 is 1. The fourth-order valence-corrected chi connectivity index (χ4v) is 2.24. The molecule has 2 N–H and O–H groups in total. The average molecular weight is 333 g/mol. The minimum Gasteiger partial charge on any atom is -0.380 e. The van der Waals surface area contributed by atoms with Gasteiger partial charge in [0.05, 0.1) is 6.61 Å². The molecule has 0 aliphatic rings. The van der Waals surface area contributed by atoms with Gasteiger partial charge in [-0.05, 0) is 35.4 Å². The lowest BCUT2D eigenvalue weighted by Gasteiger charge is -2.13. The van der Waals surface area contributed by atoms with E-state index in [1.165, 1.54) is 25.3 Å². The van der Waals surface area contributed by atoms with Crippen LogP contribution in [0.1, 0.15) is 16.7 Å². The van der Waals surface area contributed by atoms with Crippen LogP contribution in [0.25, 0.3) is 0 Å². The molecule has 0 heterocycles. The average Bonchev–Trinajstić information content (AvgIpc) is 2.58. The summed E-state index contributed by atoms with van der Waals surface area (Å²) in [6.45, 7) is 1.17. The van der Waals surface area contributed by atoms with Crippen molar-refractivity contribution < 1.29 is 13.5 Å². The van der Waals surface area contributed by atoms with Gasteiger partial charge in [0.2, 0.25) is 0 Å². The van der Waals surface area contributed by atoms with E-state index in [1.54, 1.807) is 25.2 Å². The Bertz CT molecular complexity index is 704. The molecule has 0 spiro atoms. The van der Waals surface area contributed by atoms with Crippen LogP contribution >= 0.6 is 0 Å². The lowest BCUT2D eigenvalue weighted by atomic mass is 10.1. The highest BCUT2D eigenvalue weighted by atomic mass is 19.1. The molecule has 0 aromatic heterocycles. The number of nitrogens with one attached hydrogen (secondary N) is 2. The van der Waals surface area contributed by atoms with E-state index in [1.807, 2.05) is 6.07 Å². The van der Waals surface area contributed by atoms with Gasteiger partial charge >= 0.3 is 0 Å². The Kier molecular flexibility index (Phi) is 6.69. The first-order chi connectivity index (χ1) is 11.6. The smallest absolute Gasteiger partial charge is 0.191 e. The highest BCUT2D eigenvalue weighted by Crippen LogP contribution is 2.11. The molecule has 0 aliphatic carbocycles. The quantitative estimate of drug-likeness (QED) is 0.631. The number of halogens is 2. The second-order valence-electron chi connectivity index (χ2n) is 5.27. The van der Waals surface area contributed by atoms with Gasteiger partial charge in [0.1, 0.15) is 11.6 Å². The Hall–Kier alpha value is -2.47. The molecule has 0 radical (unpaired) electrons. The number of guanidine groups is 1. The van der Waals surface area contributed by atoms with E-state index in [0.29, 0.717) is 24.6 Å². The molecular weight excluding hydrogens is 312 g/mol. The maximum Gasteiger partial charge on any atom is 0.191 e. The third-order valence-electron chi connectivity index (χ3n) is 3.44. The molecule has 0 bridgehead atoms. The van der Waals surface area contributed by atoms with Gasteiger partial charge in [0.15, 0.2) is 5.96 Å². The van der Waals surface area contributed by atoms with Crippen LogP contribution in [0.2, 0.25) is 0 Å². The Morgan fingerprint density at radius 3 is 2.38 bits per heavy atom. The maximum absolute atomic E-state index is 13.6. The van der Waals surface area contributed by atoms with Gasteiger partial charge in [0, 0.05) is 32.8 Å². The van der Waals surface area contributed by atoms with Crippen LogP contribution < -0.4 is 10.6 Å². The maximum atomic E-state index is 13.6. The highest BCUT2D eigenvalue weighted by Gasteiger charge is 2.05. The normalized spacial score (nSPS) is 11.4. The number of aliphatic imine (C=N–C) groups is 1. The van der Waals surface area contributed by atoms with Crippen molar-refractivity contribution in [2.45, 2.75) is 19.7 Å². The summed E-state index contributed by atoms with van der Waals surface area (Å²) in [5.41, 5.74) is 2.25. The van der Waals surface area contributed by atoms with E-state index in [4.69, 9.17) is 4.74 Å². The van der Waals surface area contributed by atoms with Crippen molar-refractivity contribution >= 4 is 5.96 Å². The van der Waals surface area contributed by atoms with Crippen LogP contribution in [0.4, 0.5) is 8.78 Å². The summed E-state index contributed by atoms with van der Waals surface area (Å²) in [7, 11) is 3.18. The standard InChI is InChI=1S/C18H21F2N3O/c1-21-18(22-10-13-4-3-5-16(19)9-13)23-11-14-6-7-17(20)15(8-14)12-24-2/h3-9H,10-12H2,1-2H3,(H2,21,22,23). The summed E-state index contributed by atoms with van der Waals surface area (Å²) in [6.07, 6.45) is 0. The molecule has 2 aromatic carbocycles. The Morgan fingerprint density at radius 1 is 1.04 bits per heavy atom. The predicted octanol–water partition coefficient (Wildman–Crippen LogP) is 2.98. The Morgan fingerprint density at radius 2 is 1.75 bits per heavy atom. The minimum atomic E-state index is -0.283. The van der Waals surface area contributed by atoms with Gasteiger partial charge in [-0.2, -0.15) is 0 Å². The summed E-state index contributed by atoms with van der Waals surface area (Å²) in [4.78, 5) is 4.12. The third-order valence-corrected chi connectivity index (χ3v) is 3.44. The number of rotatable bonds is 6. The molecule has 24 heavy (non-hydrogen) atoms. The first-order valence-corrected chi connectivity index (χ1v) is 7.57. The monoisotopic (exact) mass is 333 g/mol. The summed E-state index contributed by atoms with van der Waals surface area (Å²) in [5, 5.41) is 6.25. The molecule has 0 saturated carbocycles. The van der Waals surface area contributed by atoms with Crippen molar-refractivity contribution in [2.24, 2.45) is 4.99 Å². The molecule has 128 valence electrons. The predicted molar refractivity (Wildman–Crippen MR) is 90.6 cm³/mol. The lowest BCUT2D eigenvalue weighted by molar-refractivity contribution is 0.181. The molecule has 0 saturated heterocycles. The molecule has 0 unspecified atom stereocenters. The van der Waals surface area contributed by atoms with Crippen LogP contribution in [-0.2, 0) is 24.4 Å². The third kappa shape index (κ3) is 5.31. The summed E-state index contributed by atoms with van der Waals surface area (Å²) in [6, 6.07) is 11.3. The first kappa shape index (κ1) is 17.9. The Balaban J connectivity index is 1.90.